The smallest absolute Gasteiger partial charge is 0.176 e. The molecule has 3 unspecified atom stereocenters. The second-order valence-corrected chi connectivity index (χ2v) is 16.7. The Balaban J connectivity index is 2.24. The van der Waals surface area contributed by atoms with Gasteiger partial charge in [-0.3, -0.25) is 24.0 Å². The third kappa shape index (κ3) is 4.73. The minimum atomic E-state index is -1.49. The van der Waals surface area contributed by atoms with Crippen molar-refractivity contribution in [2.75, 3.05) is 0 Å². The number of phenols is 2. The molecule has 0 spiro atoms. The van der Waals surface area contributed by atoms with Crippen LogP contribution in [0, 0.1) is 39.4 Å². The number of hydrogen-bond acceptors (Lipinski definition) is 9. The van der Waals surface area contributed by atoms with Gasteiger partial charge in [0.15, 0.2) is 28.9 Å². The van der Waals surface area contributed by atoms with Crippen molar-refractivity contribution in [3.8, 4) is 17.2 Å². The van der Waals surface area contributed by atoms with Gasteiger partial charge < -0.3 is 20.1 Å². The zero-order chi connectivity index (χ0) is 37.0. The Labute approximate surface area is 283 Å². The average Bonchev–Trinajstić information content (AvgIpc) is 2.99. The number of aliphatic hydroxyl groups is 1. The van der Waals surface area contributed by atoms with Gasteiger partial charge in [-0.25, -0.2) is 0 Å². The molecule has 48 heavy (non-hydrogen) atoms. The normalized spacial score (nSPS) is 25.5. The van der Waals surface area contributed by atoms with Crippen molar-refractivity contribution < 1.29 is 44.0 Å². The van der Waals surface area contributed by atoms with Crippen molar-refractivity contribution in [2.24, 2.45) is 39.4 Å². The molecule has 4 rings (SSSR count). The van der Waals surface area contributed by atoms with Gasteiger partial charge in [0.2, 0.25) is 0 Å². The van der Waals surface area contributed by atoms with E-state index in [0.717, 1.165) is 0 Å². The molecule has 2 aliphatic carbocycles. The van der Waals surface area contributed by atoms with Crippen LogP contribution in [0.5, 0.6) is 17.2 Å². The van der Waals surface area contributed by atoms with Crippen LogP contribution in [-0.4, -0.2) is 44.2 Å². The summed E-state index contributed by atoms with van der Waals surface area (Å²) in [6.07, 6.45) is 0.154. The summed E-state index contributed by atoms with van der Waals surface area (Å²) in [5, 5.41) is 36.3. The lowest BCUT2D eigenvalue weighted by Crippen LogP contribution is -2.52. The second-order valence-electron chi connectivity index (χ2n) is 16.7. The minimum Gasteiger partial charge on any atom is -0.511 e. The molecule has 0 saturated heterocycles. The van der Waals surface area contributed by atoms with E-state index in [1.807, 2.05) is 13.8 Å². The van der Waals surface area contributed by atoms with Crippen LogP contribution in [0.15, 0.2) is 22.7 Å². The van der Waals surface area contributed by atoms with Crippen LogP contribution in [0.1, 0.15) is 137 Å². The van der Waals surface area contributed by atoms with Gasteiger partial charge in [-0.1, -0.05) is 48.5 Å². The molecule has 0 radical (unpaired) electrons. The molecule has 0 saturated carbocycles. The number of ketones is 5. The molecular weight excluding hydrogens is 612 g/mol. The number of carbonyl (C=O) groups excluding carboxylic acids is 5. The first-order chi connectivity index (χ1) is 21.8. The number of ether oxygens (including phenoxy) is 1. The fraction of sp³-hybridized carbons (Fsp3) is 0.615. The Morgan fingerprint density at radius 3 is 1.77 bits per heavy atom. The van der Waals surface area contributed by atoms with E-state index in [9.17, 15) is 39.3 Å². The molecule has 1 aliphatic heterocycles. The maximum absolute atomic E-state index is 14.3. The summed E-state index contributed by atoms with van der Waals surface area (Å²) in [4.78, 5) is 69.9. The number of aliphatic hydroxyl groups excluding tert-OH is 1. The SMILES string of the molecule is CCC1(C)C(=O)C(C(c2c(O)c(C(=O)C(C)C)c3c(c2O)C(C(C)C)C2=C(O3)C(C)(C)C(=O)C(C)(C)C2=O)C(C)C)=C(O)C(C)(C)C1=O. The van der Waals surface area contributed by atoms with Crippen LogP contribution < -0.4 is 4.74 Å². The van der Waals surface area contributed by atoms with Crippen LogP contribution in [-0.2, 0) is 19.2 Å². The zero-order valence-corrected chi connectivity index (χ0v) is 30.9. The zero-order valence-electron chi connectivity index (χ0n) is 30.9. The topological polar surface area (TPSA) is 155 Å². The highest BCUT2D eigenvalue weighted by Crippen LogP contribution is 2.62. The van der Waals surface area contributed by atoms with E-state index in [1.165, 1.54) is 0 Å². The maximum Gasteiger partial charge on any atom is 0.176 e. The predicted octanol–water partition coefficient (Wildman–Crippen LogP) is 7.67. The van der Waals surface area contributed by atoms with Gasteiger partial charge in [-0.15, -0.1) is 0 Å². The molecule has 3 N–H and O–H groups in total. The molecule has 3 atom stereocenters. The molecule has 3 aliphatic rings. The summed E-state index contributed by atoms with van der Waals surface area (Å²) in [6, 6.07) is 0. The summed E-state index contributed by atoms with van der Waals surface area (Å²) in [7, 11) is 0. The van der Waals surface area contributed by atoms with E-state index in [2.05, 4.69) is 0 Å². The van der Waals surface area contributed by atoms with E-state index in [4.69, 9.17) is 4.74 Å². The number of allylic oxidation sites excluding steroid dienone is 4. The van der Waals surface area contributed by atoms with Crippen molar-refractivity contribution in [2.45, 2.75) is 115 Å². The highest BCUT2D eigenvalue weighted by Gasteiger charge is 2.60. The Kier molecular flexibility index (Phi) is 8.81. The largest absolute Gasteiger partial charge is 0.511 e. The van der Waals surface area contributed by atoms with Gasteiger partial charge in [0.25, 0.3) is 0 Å². The van der Waals surface area contributed by atoms with Crippen molar-refractivity contribution >= 4 is 28.9 Å². The van der Waals surface area contributed by atoms with Crippen LogP contribution in [0.25, 0.3) is 0 Å². The Bertz CT molecular complexity index is 1730. The lowest BCUT2D eigenvalue weighted by Gasteiger charge is -2.46. The summed E-state index contributed by atoms with van der Waals surface area (Å²) >= 11 is 0. The quantitative estimate of drug-likeness (QED) is 0.197. The maximum atomic E-state index is 14.3. The molecule has 1 heterocycles. The van der Waals surface area contributed by atoms with E-state index in [0.29, 0.717) is 0 Å². The number of phenolic OH excluding ortho intramolecular Hbond substituents is 2. The summed E-state index contributed by atoms with van der Waals surface area (Å²) < 4.78 is 6.43. The molecule has 0 amide bonds. The Morgan fingerprint density at radius 2 is 1.31 bits per heavy atom. The Morgan fingerprint density at radius 1 is 0.771 bits per heavy atom. The minimum absolute atomic E-state index is 0.0783. The highest BCUT2D eigenvalue weighted by molar-refractivity contribution is 6.21. The molecule has 9 nitrogen and oxygen atoms in total. The highest BCUT2D eigenvalue weighted by atomic mass is 16.5. The number of carbonyl (C=O) groups is 5. The van der Waals surface area contributed by atoms with E-state index < -0.39 is 85.7 Å². The fourth-order valence-corrected chi connectivity index (χ4v) is 8.15. The molecule has 0 fully saturated rings. The number of benzene rings is 1. The summed E-state index contributed by atoms with van der Waals surface area (Å²) in [6.45, 7) is 23.3. The number of aromatic hydroxyl groups is 2. The van der Waals surface area contributed by atoms with E-state index in [1.54, 1.807) is 83.1 Å². The first kappa shape index (κ1) is 37.1. The van der Waals surface area contributed by atoms with Gasteiger partial charge in [-0.2, -0.15) is 0 Å². The van der Waals surface area contributed by atoms with Crippen LogP contribution in [0.4, 0.5) is 0 Å². The molecule has 0 bridgehead atoms. The first-order valence-electron chi connectivity index (χ1n) is 17.0. The monoisotopic (exact) mass is 664 g/mol. The molecular formula is C39H52O9. The standard InChI is InChI=1S/C39H52O9/c1-15-39(14)32(45)23(30(43)37(10,11)35(39)47)19(16(2)3)21-27(41)22-20(17(4)5)24-31(44)36(8,9)34(46)38(12,13)33(24)48-29(22)25(28(21)42)26(40)18(6)7/h16-20,41-43H,15H2,1-14H3. The molecule has 9 heteroatoms. The van der Waals surface area contributed by atoms with E-state index in [-0.39, 0.29) is 57.5 Å². The molecule has 1 aromatic carbocycles. The van der Waals surface area contributed by atoms with E-state index >= 15 is 0 Å². The number of hydrogen-bond donors (Lipinski definition) is 3. The molecule has 1 aromatic rings. The fourth-order valence-electron chi connectivity index (χ4n) is 8.15. The third-order valence-corrected chi connectivity index (χ3v) is 11.2. The van der Waals surface area contributed by atoms with Gasteiger partial charge >= 0.3 is 0 Å². The van der Waals surface area contributed by atoms with Gasteiger partial charge in [0.1, 0.15) is 34.3 Å². The number of fused-ring (bicyclic) bond motifs is 1. The van der Waals surface area contributed by atoms with Crippen LogP contribution >= 0.6 is 0 Å². The van der Waals surface area contributed by atoms with Crippen molar-refractivity contribution in [1.29, 1.82) is 0 Å². The Hall–Kier alpha value is -3.75. The van der Waals surface area contributed by atoms with Gasteiger partial charge in [0.05, 0.1) is 21.7 Å². The van der Waals surface area contributed by atoms with Crippen molar-refractivity contribution in [3.05, 3.63) is 39.4 Å². The summed E-state index contributed by atoms with van der Waals surface area (Å²) in [5.41, 5.74) is -5.86. The lowest BCUT2D eigenvalue weighted by molar-refractivity contribution is -0.147. The van der Waals surface area contributed by atoms with Crippen molar-refractivity contribution in [3.63, 3.8) is 0 Å². The van der Waals surface area contributed by atoms with Gasteiger partial charge in [0, 0.05) is 40.0 Å². The molecule has 262 valence electrons. The van der Waals surface area contributed by atoms with Crippen LogP contribution in [0.3, 0.4) is 0 Å². The third-order valence-electron chi connectivity index (χ3n) is 11.2. The number of Topliss-reactive ketones (excluding diaryl/α,β-unsaturated/α-hetero) is 5. The van der Waals surface area contributed by atoms with Crippen molar-refractivity contribution in [1.82, 2.24) is 0 Å². The second kappa shape index (κ2) is 11.4. The van der Waals surface area contributed by atoms with Gasteiger partial charge in [-0.05, 0) is 66.7 Å². The summed E-state index contributed by atoms with van der Waals surface area (Å²) in [5.74, 6) is -7.62. The average molecular weight is 665 g/mol. The predicted molar refractivity (Wildman–Crippen MR) is 181 cm³/mol. The molecule has 0 aromatic heterocycles. The number of rotatable bonds is 7. The first-order valence-corrected chi connectivity index (χ1v) is 17.0. The lowest BCUT2D eigenvalue weighted by atomic mass is 9.57. The van der Waals surface area contributed by atoms with Crippen LogP contribution in [0.2, 0.25) is 0 Å².